The number of carboxylic acid groups (broad SMARTS) is 1. The summed E-state index contributed by atoms with van der Waals surface area (Å²) in [5.41, 5.74) is 6.69. The molecule has 0 aromatic heterocycles. The van der Waals surface area contributed by atoms with E-state index in [2.05, 4.69) is 5.32 Å². The Morgan fingerprint density at radius 1 is 1.42 bits per heavy atom. The number of anilines is 2. The molecule has 6 nitrogen and oxygen atoms in total. The zero-order valence-electron chi connectivity index (χ0n) is 10.7. The molecule has 1 fully saturated rings. The summed E-state index contributed by atoms with van der Waals surface area (Å²) < 4.78 is 0. The van der Waals surface area contributed by atoms with E-state index in [1.807, 2.05) is 6.92 Å². The van der Waals surface area contributed by atoms with Gasteiger partial charge in [0.25, 0.3) is 0 Å². The van der Waals surface area contributed by atoms with Gasteiger partial charge in [0.1, 0.15) is 6.04 Å². The number of carbonyl (C=O) groups excluding carboxylic acids is 1. The Hall–Kier alpha value is -2.24. The average Bonchev–Trinajstić information content (AvgIpc) is 2.74. The normalized spacial score (nSPS) is 22.3. The number of carbonyl (C=O) groups is 2. The van der Waals surface area contributed by atoms with Gasteiger partial charge >= 0.3 is 12.0 Å². The van der Waals surface area contributed by atoms with Crippen molar-refractivity contribution in [3.8, 4) is 0 Å². The van der Waals surface area contributed by atoms with E-state index >= 15 is 0 Å². The summed E-state index contributed by atoms with van der Waals surface area (Å²) in [6.07, 6.45) is 0.689. The summed E-state index contributed by atoms with van der Waals surface area (Å²) >= 11 is 0. The predicted molar refractivity (Wildman–Crippen MR) is 71.8 cm³/mol. The molecule has 2 unspecified atom stereocenters. The highest BCUT2D eigenvalue weighted by Crippen LogP contribution is 2.26. The number of rotatable bonds is 2. The molecule has 2 amide bonds. The highest BCUT2D eigenvalue weighted by Gasteiger charge is 2.39. The summed E-state index contributed by atoms with van der Waals surface area (Å²) in [5, 5.41) is 11.8. The monoisotopic (exact) mass is 263 g/mol. The lowest BCUT2D eigenvalue weighted by Gasteiger charge is -2.24. The Labute approximate surface area is 111 Å². The highest BCUT2D eigenvalue weighted by atomic mass is 16.4. The van der Waals surface area contributed by atoms with Crippen molar-refractivity contribution in [2.24, 2.45) is 5.92 Å². The van der Waals surface area contributed by atoms with Crippen molar-refractivity contribution in [3.05, 3.63) is 24.3 Å². The van der Waals surface area contributed by atoms with Crippen LogP contribution in [0.15, 0.2) is 24.3 Å². The van der Waals surface area contributed by atoms with Crippen molar-refractivity contribution in [2.45, 2.75) is 19.4 Å². The van der Waals surface area contributed by atoms with E-state index in [4.69, 9.17) is 5.73 Å². The molecule has 1 heterocycles. The Morgan fingerprint density at radius 2 is 2.11 bits per heavy atom. The maximum atomic E-state index is 12.1. The lowest BCUT2D eigenvalue weighted by molar-refractivity contribution is -0.142. The number of carboxylic acids is 1. The average molecular weight is 263 g/mol. The number of nitrogens with one attached hydrogen (secondary N) is 1. The molecule has 0 spiro atoms. The van der Waals surface area contributed by atoms with Crippen LogP contribution >= 0.6 is 0 Å². The first-order valence-electron chi connectivity index (χ1n) is 6.15. The van der Waals surface area contributed by atoms with Crippen LogP contribution in [0.4, 0.5) is 16.2 Å². The number of urea groups is 1. The minimum atomic E-state index is -0.971. The molecule has 4 N–H and O–H groups in total. The number of likely N-dealkylation sites (tertiary alicyclic amines) is 1. The first-order chi connectivity index (χ1) is 9.00. The number of benzene rings is 1. The van der Waals surface area contributed by atoms with E-state index in [1.165, 1.54) is 4.90 Å². The van der Waals surface area contributed by atoms with Crippen LogP contribution in [-0.4, -0.2) is 34.6 Å². The van der Waals surface area contributed by atoms with E-state index in [0.717, 1.165) is 0 Å². The second-order valence-electron chi connectivity index (χ2n) is 4.76. The van der Waals surface area contributed by atoms with E-state index in [0.29, 0.717) is 24.3 Å². The van der Waals surface area contributed by atoms with E-state index < -0.39 is 18.0 Å². The van der Waals surface area contributed by atoms with Crippen LogP contribution < -0.4 is 11.1 Å². The summed E-state index contributed by atoms with van der Waals surface area (Å²) in [7, 11) is 0. The minimum absolute atomic E-state index is 0.0450. The predicted octanol–water partition coefficient (Wildman–Crippen LogP) is 1.60. The molecule has 0 radical (unpaired) electrons. The Morgan fingerprint density at radius 3 is 2.74 bits per heavy atom. The summed E-state index contributed by atoms with van der Waals surface area (Å²) in [6.45, 7) is 2.28. The first-order valence-corrected chi connectivity index (χ1v) is 6.15. The third kappa shape index (κ3) is 2.62. The minimum Gasteiger partial charge on any atom is -0.480 e. The molecule has 6 heteroatoms. The van der Waals surface area contributed by atoms with Crippen molar-refractivity contribution < 1.29 is 14.7 Å². The highest BCUT2D eigenvalue weighted by molar-refractivity contribution is 5.95. The molecular weight excluding hydrogens is 246 g/mol. The van der Waals surface area contributed by atoms with Crippen LogP contribution in [-0.2, 0) is 4.79 Å². The van der Waals surface area contributed by atoms with Crippen molar-refractivity contribution in [1.29, 1.82) is 0 Å². The van der Waals surface area contributed by atoms with Crippen molar-refractivity contribution in [2.75, 3.05) is 17.6 Å². The van der Waals surface area contributed by atoms with Gasteiger partial charge in [0.15, 0.2) is 0 Å². The van der Waals surface area contributed by atoms with Gasteiger partial charge in [-0.3, -0.25) is 0 Å². The van der Waals surface area contributed by atoms with E-state index in [-0.39, 0.29) is 5.92 Å². The zero-order valence-corrected chi connectivity index (χ0v) is 10.7. The Bertz CT molecular complexity index is 504. The standard InChI is InChI=1S/C13H17N3O3/c1-8-6-7-16(11(8)12(17)18)13(19)15-10-5-3-2-4-9(10)14/h2-5,8,11H,6-7,14H2,1H3,(H,15,19)(H,17,18). The molecule has 19 heavy (non-hydrogen) atoms. The van der Waals surface area contributed by atoms with Gasteiger partial charge in [0.05, 0.1) is 11.4 Å². The van der Waals surface area contributed by atoms with Crippen molar-refractivity contribution in [1.82, 2.24) is 4.90 Å². The smallest absolute Gasteiger partial charge is 0.326 e. The number of nitrogen functional groups attached to an aromatic ring is 1. The maximum Gasteiger partial charge on any atom is 0.326 e. The van der Waals surface area contributed by atoms with Gasteiger partial charge in [0.2, 0.25) is 0 Å². The van der Waals surface area contributed by atoms with Gasteiger partial charge in [-0.25, -0.2) is 9.59 Å². The van der Waals surface area contributed by atoms with Gasteiger partial charge in [-0.05, 0) is 24.5 Å². The maximum absolute atomic E-state index is 12.1. The molecule has 1 aromatic rings. The van der Waals surface area contributed by atoms with Crippen LogP contribution in [0, 0.1) is 5.92 Å². The Balaban J connectivity index is 2.12. The second-order valence-corrected chi connectivity index (χ2v) is 4.76. The van der Waals surface area contributed by atoms with E-state index in [1.54, 1.807) is 24.3 Å². The number of para-hydroxylation sites is 2. The van der Waals surface area contributed by atoms with Gasteiger partial charge < -0.3 is 21.1 Å². The quantitative estimate of drug-likeness (QED) is 0.706. The van der Waals surface area contributed by atoms with Crippen LogP contribution in [0.1, 0.15) is 13.3 Å². The van der Waals surface area contributed by atoms with E-state index in [9.17, 15) is 14.7 Å². The number of nitrogens with two attached hydrogens (primary N) is 1. The lowest BCUT2D eigenvalue weighted by Crippen LogP contribution is -2.44. The molecule has 0 bridgehead atoms. The zero-order chi connectivity index (χ0) is 14.0. The number of nitrogens with zero attached hydrogens (tertiary/aromatic N) is 1. The fourth-order valence-corrected chi connectivity index (χ4v) is 2.35. The lowest BCUT2D eigenvalue weighted by atomic mass is 10.0. The summed E-state index contributed by atoms with van der Waals surface area (Å²) in [4.78, 5) is 24.7. The molecule has 1 aliphatic rings. The molecular formula is C13H17N3O3. The first kappa shape index (κ1) is 13.2. The fraction of sp³-hybridized carbons (Fsp3) is 0.385. The second kappa shape index (κ2) is 5.17. The molecule has 1 aromatic carbocycles. The summed E-state index contributed by atoms with van der Waals surface area (Å²) in [6, 6.07) is 5.69. The van der Waals surface area contributed by atoms with Crippen LogP contribution in [0.25, 0.3) is 0 Å². The van der Waals surface area contributed by atoms with Gasteiger partial charge in [0, 0.05) is 6.54 Å². The van der Waals surface area contributed by atoms with Crippen LogP contribution in [0.5, 0.6) is 0 Å². The third-order valence-electron chi connectivity index (χ3n) is 3.42. The number of amides is 2. The Kier molecular flexibility index (Phi) is 3.59. The van der Waals surface area contributed by atoms with Crippen LogP contribution in [0.2, 0.25) is 0 Å². The van der Waals surface area contributed by atoms with Crippen molar-refractivity contribution in [3.63, 3.8) is 0 Å². The molecule has 0 aliphatic carbocycles. The van der Waals surface area contributed by atoms with Gasteiger partial charge in [-0.2, -0.15) is 0 Å². The van der Waals surface area contributed by atoms with Gasteiger partial charge in [-0.15, -0.1) is 0 Å². The van der Waals surface area contributed by atoms with Crippen LogP contribution in [0.3, 0.4) is 0 Å². The summed E-state index contributed by atoms with van der Waals surface area (Å²) in [5.74, 6) is -1.02. The SMILES string of the molecule is CC1CCN(C(=O)Nc2ccccc2N)C1C(=O)O. The molecule has 1 aliphatic heterocycles. The van der Waals surface area contributed by atoms with Crippen molar-refractivity contribution >= 4 is 23.4 Å². The topological polar surface area (TPSA) is 95.7 Å². The number of hydrogen-bond donors (Lipinski definition) is 3. The third-order valence-corrected chi connectivity index (χ3v) is 3.42. The van der Waals surface area contributed by atoms with Gasteiger partial charge in [-0.1, -0.05) is 19.1 Å². The largest absolute Gasteiger partial charge is 0.480 e. The molecule has 0 saturated carbocycles. The number of aliphatic carboxylic acids is 1. The molecule has 1 saturated heterocycles. The fourth-order valence-electron chi connectivity index (χ4n) is 2.35. The molecule has 2 rings (SSSR count). The number of hydrogen-bond acceptors (Lipinski definition) is 3. The molecule has 2 atom stereocenters. The molecule has 102 valence electrons.